The molecule has 0 fully saturated rings. The summed E-state index contributed by atoms with van der Waals surface area (Å²) in [5.74, 6) is 0. The molecule has 0 radical (unpaired) electrons. The molecule has 0 bridgehead atoms. The first-order chi connectivity index (χ1) is 9.17. The van der Waals surface area contributed by atoms with Crippen LogP contribution in [0.3, 0.4) is 0 Å². The van der Waals surface area contributed by atoms with Gasteiger partial charge in [0.1, 0.15) is 6.54 Å². The SMILES string of the molecule is CCn1cc(CNCc2ccn(CC(F)F)n2)cn1.Cl. The Hall–Kier alpha value is -1.47. The van der Waals surface area contributed by atoms with Crippen molar-refractivity contribution in [2.75, 3.05) is 0 Å². The predicted molar refractivity (Wildman–Crippen MR) is 73.9 cm³/mol. The summed E-state index contributed by atoms with van der Waals surface area (Å²) < 4.78 is 27.4. The maximum atomic E-state index is 12.2. The minimum atomic E-state index is -2.37. The Labute approximate surface area is 122 Å². The van der Waals surface area contributed by atoms with E-state index in [0.29, 0.717) is 13.1 Å². The molecule has 0 spiro atoms. The third kappa shape index (κ3) is 4.90. The van der Waals surface area contributed by atoms with Gasteiger partial charge in [0, 0.05) is 37.6 Å². The Balaban J connectivity index is 0.00000200. The second-order valence-electron chi connectivity index (χ2n) is 4.23. The van der Waals surface area contributed by atoms with Crippen molar-refractivity contribution in [3.8, 4) is 0 Å². The average molecular weight is 306 g/mol. The van der Waals surface area contributed by atoms with E-state index in [1.165, 1.54) is 4.68 Å². The van der Waals surface area contributed by atoms with Crippen LogP contribution in [0.15, 0.2) is 24.7 Å². The number of nitrogens with zero attached hydrogens (tertiary/aromatic N) is 4. The third-order valence-corrected chi connectivity index (χ3v) is 2.67. The number of rotatable bonds is 7. The van der Waals surface area contributed by atoms with Gasteiger partial charge in [-0.25, -0.2) is 8.78 Å². The molecule has 0 aliphatic carbocycles. The maximum absolute atomic E-state index is 12.2. The number of hydrogen-bond acceptors (Lipinski definition) is 3. The van der Waals surface area contributed by atoms with Crippen molar-refractivity contribution < 1.29 is 8.78 Å². The van der Waals surface area contributed by atoms with Gasteiger partial charge < -0.3 is 5.32 Å². The smallest absolute Gasteiger partial charge is 0.257 e. The van der Waals surface area contributed by atoms with Crippen LogP contribution in [-0.2, 0) is 26.2 Å². The van der Waals surface area contributed by atoms with E-state index < -0.39 is 6.43 Å². The van der Waals surface area contributed by atoms with E-state index in [-0.39, 0.29) is 19.0 Å². The van der Waals surface area contributed by atoms with Crippen molar-refractivity contribution in [3.05, 3.63) is 35.9 Å². The molecule has 0 unspecified atom stereocenters. The Morgan fingerprint density at radius 1 is 1.30 bits per heavy atom. The molecule has 0 saturated carbocycles. The van der Waals surface area contributed by atoms with E-state index in [9.17, 15) is 8.78 Å². The van der Waals surface area contributed by atoms with Crippen molar-refractivity contribution in [1.29, 1.82) is 0 Å². The van der Waals surface area contributed by atoms with Crippen LogP contribution in [0.4, 0.5) is 8.78 Å². The van der Waals surface area contributed by atoms with Gasteiger partial charge in [0.15, 0.2) is 0 Å². The van der Waals surface area contributed by atoms with Crippen LogP contribution in [0.1, 0.15) is 18.2 Å². The van der Waals surface area contributed by atoms with Gasteiger partial charge in [0.2, 0.25) is 0 Å². The predicted octanol–water partition coefficient (Wildman–Crippen LogP) is 2.08. The summed E-state index contributed by atoms with van der Waals surface area (Å²) in [6, 6.07) is 1.74. The van der Waals surface area contributed by atoms with Gasteiger partial charge >= 0.3 is 0 Å². The van der Waals surface area contributed by atoms with E-state index in [0.717, 1.165) is 17.8 Å². The zero-order valence-electron chi connectivity index (χ0n) is 11.2. The first-order valence-corrected chi connectivity index (χ1v) is 6.20. The van der Waals surface area contributed by atoms with Crippen LogP contribution in [0.5, 0.6) is 0 Å². The fraction of sp³-hybridized carbons (Fsp3) is 0.500. The van der Waals surface area contributed by atoms with E-state index in [2.05, 4.69) is 15.5 Å². The molecular weight excluding hydrogens is 288 g/mol. The number of nitrogens with one attached hydrogen (secondary N) is 1. The molecule has 2 aromatic heterocycles. The van der Waals surface area contributed by atoms with Crippen LogP contribution in [0.2, 0.25) is 0 Å². The highest BCUT2D eigenvalue weighted by molar-refractivity contribution is 5.85. The summed E-state index contributed by atoms with van der Waals surface area (Å²) in [5.41, 5.74) is 1.84. The lowest BCUT2D eigenvalue weighted by Crippen LogP contribution is -2.14. The molecule has 0 aromatic carbocycles. The second kappa shape index (κ2) is 7.96. The summed E-state index contributed by atoms with van der Waals surface area (Å²) in [5, 5.41) is 11.4. The summed E-state index contributed by atoms with van der Waals surface area (Å²) in [4.78, 5) is 0. The van der Waals surface area contributed by atoms with E-state index >= 15 is 0 Å². The molecule has 0 aliphatic heterocycles. The monoisotopic (exact) mass is 305 g/mol. The summed E-state index contributed by atoms with van der Waals surface area (Å²) in [7, 11) is 0. The molecule has 112 valence electrons. The molecule has 20 heavy (non-hydrogen) atoms. The quantitative estimate of drug-likeness (QED) is 0.852. The molecule has 2 heterocycles. The molecular formula is C12H18ClF2N5. The molecule has 0 amide bonds. The lowest BCUT2D eigenvalue weighted by atomic mass is 10.3. The standard InChI is InChI=1S/C12H17F2N5.ClH/c1-2-18-8-10(6-16-18)5-15-7-11-3-4-19(17-11)9-12(13)14;/h3-4,6,8,12,15H,2,5,7,9H2,1H3;1H. The number of aromatic nitrogens is 4. The van der Waals surface area contributed by atoms with E-state index in [1.807, 2.05) is 24.0 Å². The van der Waals surface area contributed by atoms with E-state index in [4.69, 9.17) is 0 Å². The number of alkyl halides is 2. The third-order valence-electron chi connectivity index (χ3n) is 2.67. The normalized spacial score (nSPS) is 10.8. The van der Waals surface area contributed by atoms with Crippen molar-refractivity contribution in [1.82, 2.24) is 24.9 Å². The van der Waals surface area contributed by atoms with Gasteiger partial charge in [0.05, 0.1) is 11.9 Å². The molecule has 1 N–H and O–H groups in total. The fourth-order valence-electron chi connectivity index (χ4n) is 1.75. The minimum Gasteiger partial charge on any atom is -0.307 e. The molecule has 2 rings (SSSR count). The average Bonchev–Trinajstić information content (AvgIpc) is 2.98. The molecule has 0 aliphatic rings. The van der Waals surface area contributed by atoms with Crippen LogP contribution in [0.25, 0.3) is 0 Å². The van der Waals surface area contributed by atoms with Gasteiger partial charge in [0.25, 0.3) is 6.43 Å². The van der Waals surface area contributed by atoms with Crippen molar-refractivity contribution in [2.24, 2.45) is 0 Å². The Morgan fingerprint density at radius 3 is 2.75 bits per heavy atom. The Bertz CT molecular complexity index is 511. The van der Waals surface area contributed by atoms with Crippen LogP contribution < -0.4 is 5.32 Å². The van der Waals surface area contributed by atoms with Crippen molar-refractivity contribution in [3.63, 3.8) is 0 Å². The van der Waals surface area contributed by atoms with E-state index in [1.54, 1.807) is 12.3 Å². The highest BCUT2D eigenvalue weighted by Gasteiger charge is 2.05. The first kappa shape index (κ1) is 16.6. The molecule has 5 nitrogen and oxygen atoms in total. The van der Waals surface area contributed by atoms with Crippen LogP contribution >= 0.6 is 12.4 Å². The van der Waals surface area contributed by atoms with Crippen molar-refractivity contribution in [2.45, 2.75) is 39.5 Å². The van der Waals surface area contributed by atoms with Gasteiger partial charge in [-0.1, -0.05) is 0 Å². The lowest BCUT2D eigenvalue weighted by molar-refractivity contribution is 0.121. The summed E-state index contributed by atoms with van der Waals surface area (Å²) >= 11 is 0. The fourth-order valence-corrected chi connectivity index (χ4v) is 1.75. The molecule has 0 atom stereocenters. The highest BCUT2D eigenvalue weighted by atomic mass is 35.5. The first-order valence-electron chi connectivity index (χ1n) is 6.20. The highest BCUT2D eigenvalue weighted by Crippen LogP contribution is 2.02. The minimum absolute atomic E-state index is 0. The van der Waals surface area contributed by atoms with Gasteiger partial charge in [-0.05, 0) is 13.0 Å². The molecule has 8 heteroatoms. The molecule has 0 saturated heterocycles. The van der Waals surface area contributed by atoms with Crippen LogP contribution in [0, 0.1) is 0 Å². The lowest BCUT2D eigenvalue weighted by Gasteiger charge is -2.01. The zero-order chi connectivity index (χ0) is 13.7. The second-order valence-corrected chi connectivity index (χ2v) is 4.23. The summed E-state index contributed by atoms with van der Waals surface area (Å²) in [6.07, 6.45) is 2.98. The van der Waals surface area contributed by atoms with Gasteiger partial charge in [-0.3, -0.25) is 9.36 Å². The topological polar surface area (TPSA) is 47.7 Å². The maximum Gasteiger partial charge on any atom is 0.257 e. The van der Waals surface area contributed by atoms with Gasteiger partial charge in [-0.15, -0.1) is 12.4 Å². The van der Waals surface area contributed by atoms with Crippen molar-refractivity contribution >= 4 is 12.4 Å². The summed E-state index contributed by atoms with van der Waals surface area (Å²) in [6.45, 7) is 3.75. The Morgan fingerprint density at radius 2 is 2.10 bits per heavy atom. The number of aryl methyl sites for hydroxylation is 1. The number of halogens is 3. The molecule has 2 aromatic rings. The van der Waals surface area contributed by atoms with Gasteiger partial charge in [-0.2, -0.15) is 10.2 Å². The largest absolute Gasteiger partial charge is 0.307 e. The van der Waals surface area contributed by atoms with Crippen LogP contribution in [-0.4, -0.2) is 26.0 Å². The zero-order valence-corrected chi connectivity index (χ0v) is 12.0. The Kier molecular flexibility index (Phi) is 6.60. The number of hydrogen-bond donors (Lipinski definition) is 1.